The second kappa shape index (κ2) is 5.22. The lowest BCUT2D eigenvalue weighted by molar-refractivity contribution is 0.455. The second-order valence-electron chi connectivity index (χ2n) is 3.66. The number of aryl methyl sites for hydroxylation is 2. The largest absolute Gasteiger partial charge is 0.435 e. The van der Waals surface area contributed by atoms with E-state index >= 15 is 0 Å². The Morgan fingerprint density at radius 2 is 1.78 bits per heavy atom. The molecular formula is C11H8Cl2N2O2S. The van der Waals surface area contributed by atoms with Crippen molar-refractivity contribution in [3.63, 3.8) is 0 Å². The maximum atomic E-state index is 11.7. The van der Waals surface area contributed by atoms with Crippen LogP contribution in [-0.4, -0.2) is 8.75 Å². The van der Waals surface area contributed by atoms with Gasteiger partial charge in [0.25, 0.3) is 11.3 Å². The molecule has 0 aliphatic heterocycles. The third-order valence-corrected chi connectivity index (χ3v) is 3.34. The Labute approximate surface area is 117 Å². The predicted octanol–water partition coefficient (Wildman–Crippen LogP) is 3.61. The minimum absolute atomic E-state index is 0.0754. The molecule has 18 heavy (non-hydrogen) atoms. The van der Waals surface area contributed by atoms with E-state index in [4.69, 9.17) is 27.9 Å². The molecule has 0 spiro atoms. The Balaban J connectivity index is 2.47. The Bertz CT molecular complexity index is 635. The number of rotatable bonds is 2. The summed E-state index contributed by atoms with van der Waals surface area (Å²) in [6.45, 7) is 3.68. The first-order valence-corrected chi connectivity index (χ1v) is 6.44. The molecule has 7 heteroatoms. The zero-order valence-electron chi connectivity index (χ0n) is 9.53. The molecule has 0 aliphatic carbocycles. The standard InChI is InChI=1S/C11H8Cl2N2O2S/c1-5-3-7(12)4-6(2)9(5)17-11-8(16)10(13)14-18-15-11/h3-4H,1-2H3. The summed E-state index contributed by atoms with van der Waals surface area (Å²) in [6, 6.07) is 3.50. The lowest BCUT2D eigenvalue weighted by atomic mass is 10.1. The highest BCUT2D eigenvalue weighted by atomic mass is 35.5. The van der Waals surface area contributed by atoms with Crippen LogP contribution in [-0.2, 0) is 0 Å². The molecule has 0 amide bonds. The molecule has 94 valence electrons. The minimum Gasteiger partial charge on any atom is -0.435 e. The van der Waals surface area contributed by atoms with E-state index in [1.54, 1.807) is 12.1 Å². The summed E-state index contributed by atoms with van der Waals surface area (Å²) in [5, 5.41) is 0.470. The molecular weight excluding hydrogens is 295 g/mol. The third-order valence-electron chi connectivity index (χ3n) is 2.25. The average molecular weight is 303 g/mol. The zero-order chi connectivity index (χ0) is 13.3. The molecule has 1 aromatic heterocycles. The van der Waals surface area contributed by atoms with Gasteiger partial charge >= 0.3 is 0 Å². The van der Waals surface area contributed by atoms with E-state index in [1.165, 1.54) is 0 Å². The van der Waals surface area contributed by atoms with Crippen LogP contribution in [0, 0.1) is 13.8 Å². The van der Waals surface area contributed by atoms with Crippen molar-refractivity contribution in [3.8, 4) is 11.6 Å². The molecule has 0 saturated carbocycles. The van der Waals surface area contributed by atoms with Crippen molar-refractivity contribution in [3.05, 3.63) is 43.7 Å². The molecule has 0 bridgehead atoms. The van der Waals surface area contributed by atoms with Crippen molar-refractivity contribution in [1.82, 2.24) is 8.75 Å². The number of nitrogens with zero attached hydrogens (tertiary/aromatic N) is 2. The normalized spacial score (nSPS) is 10.4. The van der Waals surface area contributed by atoms with Gasteiger partial charge in [-0.3, -0.25) is 4.79 Å². The van der Waals surface area contributed by atoms with Gasteiger partial charge in [-0.25, -0.2) is 0 Å². The molecule has 1 heterocycles. The van der Waals surface area contributed by atoms with Crippen LogP contribution in [0.15, 0.2) is 16.9 Å². The fourth-order valence-corrected chi connectivity index (χ4v) is 2.38. The van der Waals surface area contributed by atoms with Crippen LogP contribution in [0.25, 0.3) is 0 Å². The zero-order valence-corrected chi connectivity index (χ0v) is 11.9. The van der Waals surface area contributed by atoms with E-state index in [0.29, 0.717) is 10.8 Å². The van der Waals surface area contributed by atoms with Crippen LogP contribution in [0.2, 0.25) is 10.2 Å². The van der Waals surface area contributed by atoms with Crippen LogP contribution in [0.3, 0.4) is 0 Å². The number of hydrogen-bond acceptors (Lipinski definition) is 5. The van der Waals surface area contributed by atoms with Gasteiger partial charge in [0.15, 0.2) is 5.15 Å². The fourth-order valence-electron chi connectivity index (χ4n) is 1.48. The average Bonchev–Trinajstić information content (AvgIpc) is 2.28. The van der Waals surface area contributed by atoms with Gasteiger partial charge in [0, 0.05) is 5.02 Å². The summed E-state index contributed by atoms with van der Waals surface area (Å²) in [5.74, 6) is 0.479. The first-order chi connectivity index (χ1) is 8.49. The highest BCUT2D eigenvalue weighted by Crippen LogP contribution is 2.29. The number of benzene rings is 1. The molecule has 0 fully saturated rings. The van der Waals surface area contributed by atoms with E-state index in [-0.39, 0.29) is 11.0 Å². The number of aromatic nitrogens is 2. The summed E-state index contributed by atoms with van der Waals surface area (Å²) in [4.78, 5) is 11.7. The predicted molar refractivity (Wildman–Crippen MR) is 72.2 cm³/mol. The number of halogens is 2. The topological polar surface area (TPSA) is 52.1 Å². The van der Waals surface area contributed by atoms with Crippen LogP contribution in [0.5, 0.6) is 11.6 Å². The van der Waals surface area contributed by atoms with Gasteiger partial charge in [0.2, 0.25) is 0 Å². The SMILES string of the molecule is Cc1cc(Cl)cc(C)c1Oc1nsnc(Cl)c1=O. The molecule has 0 radical (unpaired) electrons. The molecule has 0 aliphatic rings. The molecule has 0 unspecified atom stereocenters. The van der Waals surface area contributed by atoms with E-state index in [0.717, 1.165) is 22.9 Å². The third kappa shape index (κ3) is 2.63. The van der Waals surface area contributed by atoms with Crippen LogP contribution in [0.4, 0.5) is 0 Å². The summed E-state index contributed by atoms with van der Waals surface area (Å²) >= 11 is 12.4. The summed E-state index contributed by atoms with van der Waals surface area (Å²) in [7, 11) is 0. The van der Waals surface area contributed by atoms with Crippen molar-refractivity contribution in [1.29, 1.82) is 0 Å². The van der Waals surface area contributed by atoms with Crippen LogP contribution >= 0.6 is 34.9 Å². The van der Waals surface area contributed by atoms with Gasteiger partial charge in [-0.05, 0) is 37.1 Å². The van der Waals surface area contributed by atoms with Gasteiger partial charge in [-0.2, -0.15) is 4.37 Å². The van der Waals surface area contributed by atoms with Crippen molar-refractivity contribution in [2.24, 2.45) is 0 Å². The highest BCUT2D eigenvalue weighted by molar-refractivity contribution is 6.99. The minimum atomic E-state index is -0.524. The van der Waals surface area contributed by atoms with Gasteiger partial charge in [-0.15, -0.1) is 4.37 Å². The van der Waals surface area contributed by atoms with E-state index in [9.17, 15) is 4.79 Å². The molecule has 2 aromatic rings. The van der Waals surface area contributed by atoms with E-state index < -0.39 is 5.43 Å². The van der Waals surface area contributed by atoms with Gasteiger partial charge in [-0.1, -0.05) is 23.2 Å². The maximum absolute atomic E-state index is 11.7. The summed E-state index contributed by atoms with van der Waals surface area (Å²) in [5.41, 5.74) is 1.11. The molecule has 0 saturated heterocycles. The van der Waals surface area contributed by atoms with Crippen molar-refractivity contribution in [2.45, 2.75) is 13.8 Å². The summed E-state index contributed by atoms with van der Waals surface area (Å²) in [6.07, 6.45) is 0. The molecule has 0 atom stereocenters. The van der Waals surface area contributed by atoms with Gasteiger partial charge < -0.3 is 4.74 Å². The Morgan fingerprint density at radius 1 is 1.17 bits per heavy atom. The first kappa shape index (κ1) is 13.3. The molecule has 0 N–H and O–H groups in total. The lowest BCUT2D eigenvalue weighted by Gasteiger charge is -2.10. The molecule has 2 rings (SSSR count). The van der Waals surface area contributed by atoms with Gasteiger partial charge in [0.05, 0.1) is 11.7 Å². The maximum Gasteiger partial charge on any atom is 0.283 e. The van der Waals surface area contributed by atoms with Gasteiger partial charge in [0.1, 0.15) is 5.75 Å². The Hall–Kier alpha value is -1.17. The second-order valence-corrected chi connectivity index (χ2v) is 4.98. The molecule has 4 nitrogen and oxygen atoms in total. The van der Waals surface area contributed by atoms with E-state index in [1.807, 2.05) is 13.8 Å². The fraction of sp³-hybridized carbons (Fsp3) is 0.182. The lowest BCUT2D eigenvalue weighted by Crippen LogP contribution is -2.08. The first-order valence-electron chi connectivity index (χ1n) is 4.96. The highest BCUT2D eigenvalue weighted by Gasteiger charge is 2.13. The summed E-state index contributed by atoms with van der Waals surface area (Å²) < 4.78 is 13.0. The van der Waals surface area contributed by atoms with E-state index in [2.05, 4.69) is 8.75 Å². The Morgan fingerprint density at radius 3 is 2.39 bits per heavy atom. The quantitative estimate of drug-likeness (QED) is 0.850. The number of ether oxygens (including phenoxy) is 1. The van der Waals surface area contributed by atoms with Crippen molar-refractivity contribution in [2.75, 3.05) is 0 Å². The Kier molecular flexibility index (Phi) is 3.85. The number of hydrogen-bond donors (Lipinski definition) is 0. The smallest absolute Gasteiger partial charge is 0.283 e. The van der Waals surface area contributed by atoms with Crippen LogP contribution in [0.1, 0.15) is 11.1 Å². The van der Waals surface area contributed by atoms with Crippen LogP contribution < -0.4 is 10.2 Å². The molecule has 1 aromatic carbocycles. The van der Waals surface area contributed by atoms with Crippen molar-refractivity contribution >= 4 is 34.9 Å². The van der Waals surface area contributed by atoms with Crippen molar-refractivity contribution < 1.29 is 4.74 Å². The monoisotopic (exact) mass is 302 g/mol.